The van der Waals surface area contributed by atoms with Crippen LogP contribution in [0.15, 0.2) is 0 Å². The molecule has 15 heavy (non-hydrogen) atoms. The third-order valence-corrected chi connectivity index (χ3v) is 1.84. The minimum Gasteiger partial charge on any atom is -0.480 e. The zero-order chi connectivity index (χ0) is 12.0. The van der Waals surface area contributed by atoms with Gasteiger partial charge in [-0.2, -0.15) is 0 Å². The molecular formula is C8H16N2O5. The quantitative estimate of drug-likeness (QED) is 0.407. The van der Waals surface area contributed by atoms with Crippen LogP contribution in [0.1, 0.15) is 6.92 Å². The molecule has 0 rings (SSSR count). The van der Waals surface area contributed by atoms with Crippen LogP contribution in [0.4, 0.5) is 0 Å². The number of carbonyl (C=O) groups is 2. The Morgan fingerprint density at radius 3 is 2.33 bits per heavy atom. The van der Waals surface area contributed by atoms with Gasteiger partial charge in [-0.1, -0.05) is 0 Å². The summed E-state index contributed by atoms with van der Waals surface area (Å²) in [4.78, 5) is 22.0. The topological polar surface area (TPSA) is 122 Å². The number of aliphatic hydroxyl groups is 1. The summed E-state index contributed by atoms with van der Waals surface area (Å²) in [6.45, 7) is 1.21. The van der Waals surface area contributed by atoms with Crippen molar-refractivity contribution in [1.82, 2.24) is 5.32 Å². The van der Waals surface area contributed by atoms with Gasteiger partial charge in [-0.25, -0.2) is 4.79 Å². The number of hydrogen-bond donors (Lipinski definition) is 4. The van der Waals surface area contributed by atoms with E-state index >= 15 is 0 Å². The van der Waals surface area contributed by atoms with Crippen molar-refractivity contribution in [1.29, 1.82) is 0 Å². The summed E-state index contributed by atoms with van der Waals surface area (Å²) in [6, 6.07) is -1.36. The number of rotatable bonds is 6. The Bertz CT molecular complexity index is 227. The summed E-state index contributed by atoms with van der Waals surface area (Å²) in [5.41, 5.74) is 5.22. The lowest BCUT2D eigenvalue weighted by Crippen LogP contribution is -2.52. The standard InChI is InChI=1S/C8H16N2O5/c1-4(11)6(8(13)14)10-7(12)5(3-9)15-2/h4-6,11H,3,9H2,1-2H3,(H,10,12)(H,13,14). The van der Waals surface area contributed by atoms with Crippen LogP contribution in [0.2, 0.25) is 0 Å². The molecule has 0 saturated heterocycles. The first-order valence-electron chi connectivity index (χ1n) is 4.38. The van der Waals surface area contributed by atoms with Gasteiger partial charge >= 0.3 is 5.97 Å². The van der Waals surface area contributed by atoms with E-state index in [1.54, 1.807) is 0 Å². The van der Waals surface area contributed by atoms with Crippen molar-refractivity contribution in [3.63, 3.8) is 0 Å². The van der Waals surface area contributed by atoms with Gasteiger partial charge in [-0.15, -0.1) is 0 Å². The highest BCUT2D eigenvalue weighted by molar-refractivity contribution is 5.86. The summed E-state index contributed by atoms with van der Waals surface area (Å²) >= 11 is 0. The minimum absolute atomic E-state index is 0.0610. The zero-order valence-electron chi connectivity index (χ0n) is 8.64. The van der Waals surface area contributed by atoms with Crippen LogP contribution in [0.5, 0.6) is 0 Å². The van der Waals surface area contributed by atoms with Gasteiger partial charge in [0.05, 0.1) is 6.10 Å². The Morgan fingerprint density at radius 1 is 1.53 bits per heavy atom. The number of carboxylic acid groups (broad SMARTS) is 1. The SMILES string of the molecule is COC(CN)C(=O)NC(C(=O)O)C(C)O. The number of hydrogen-bond acceptors (Lipinski definition) is 5. The smallest absolute Gasteiger partial charge is 0.328 e. The molecule has 0 aromatic carbocycles. The predicted molar refractivity (Wildman–Crippen MR) is 51.1 cm³/mol. The molecule has 0 aromatic rings. The highest BCUT2D eigenvalue weighted by Crippen LogP contribution is 1.95. The molecule has 0 heterocycles. The van der Waals surface area contributed by atoms with Gasteiger partial charge in [-0.3, -0.25) is 4.79 Å². The number of ether oxygens (including phenoxy) is 1. The number of aliphatic hydroxyl groups excluding tert-OH is 1. The minimum atomic E-state index is -1.36. The van der Waals surface area contributed by atoms with E-state index in [4.69, 9.17) is 20.7 Å². The van der Waals surface area contributed by atoms with E-state index < -0.39 is 30.1 Å². The van der Waals surface area contributed by atoms with E-state index in [9.17, 15) is 9.59 Å². The van der Waals surface area contributed by atoms with E-state index in [-0.39, 0.29) is 6.54 Å². The van der Waals surface area contributed by atoms with Crippen molar-refractivity contribution < 1.29 is 24.5 Å². The first kappa shape index (κ1) is 13.8. The lowest BCUT2D eigenvalue weighted by atomic mass is 10.1. The molecule has 0 saturated carbocycles. The fourth-order valence-electron chi connectivity index (χ4n) is 0.945. The molecule has 7 nitrogen and oxygen atoms in total. The molecule has 0 spiro atoms. The Labute approximate surface area is 87.2 Å². The average molecular weight is 220 g/mol. The fraction of sp³-hybridized carbons (Fsp3) is 0.750. The van der Waals surface area contributed by atoms with Crippen LogP contribution in [-0.4, -0.2) is 54.0 Å². The maximum atomic E-state index is 11.3. The fourth-order valence-corrected chi connectivity index (χ4v) is 0.945. The summed E-state index contributed by atoms with van der Waals surface area (Å²) < 4.78 is 4.71. The Hall–Kier alpha value is -1.18. The molecule has 0 aliphatic carbocycles. The highest BCUT2D eigenvalue weighted by Gasteiger charge is 2.27. The second kappa shape index (κ2) is 6.33. The third-order valence-electron chi connectivity index (χ3n) is 1.84. The molecule has 88 valence electrons. The third kappa shape index (κ3) is 4.24. The normalized spacial score (nSPS) is 16.5. The van der Waals surface area contributed by atoms with Crippen molar-refractivity contribution in [2.24, 2.45) is 5.73 Å². The number of aliphatic carboxylic acids is 1. The Balaban J connectivity index is 4.41. The van der Waals surface area contributed by atoms with Crippen LogP contribution in [0, 0.1) is 0 Å². The number of carbonyl (C=O) groups excluding carboxylic acids is 1. The average Bonchev–Trinajstić information content (AvgIpc) is 2.15. The second-order valence-corrected chi connectivity index (χ2v) is 3.03. The summed E-state index contributed by atoms with van der Waals surface area (Å²) in [7, 11) is 1.29. The van der Waals surface area contributed by atoms with Crippen molar-refractivity contribution >= 4 is 11.9 Å². The maximum Gasteiger partial charge on any atom is 0.328 e. The molecule has 0 bridgehead atoms. The summed E-state index contributed by atoms with van der Waals surface area (Å²) in [6.07, 6.45) is -2.10. The molecular weight excluding hydrogens is 204 g/mol. The Morgan fingerprint density at radius 2 is 2.07 bits per heavy atom. The number of carboxylic acids is 1. The van der Waals surface area contributed by atoms with Gasteiger partial charge in [0.1, 0.15) is 6.10 Å². The predicted octanol–water partition coefficient (Wildman–Crippen LogP) is -2.09. The molecule has 0 radical (unpaired) electrons. The van der Waals surface area contributed by atoms with Crippen LogP contribution >= 0.6 is 0 Å². The molecule has 0 aliphatic rings. The van der Waals surface area contributed by atoms with E-state index in [2.05, 4.69) is 5.32 Å². The van der Waals surface area contributed by atoms with E-state index in [0.29, 0.717) is 0 Å². The molecule has 0 fully saturated rings. The molecule has 0 aromatic heterocycles. The first-order valence-corrected chi connectivity index (χ1v) is 4.38. The maximum absolute atomic E-state index is 11.3. The monoisotopic (exact) mass is 220 g/mol. The lowest BCUT2D eigenvalue weighted by molar-refractivity contribution is -0.146. The van der Waals surface area contributed by atoms with Gasteiger partial charge < -0.3 is 26.0 Å². The van der Waals surface area contributed by atoms with Gasteiger partial charge in [0.2, 0.25) is 0 Å². The largest absolute Gasteiger partial charge is 0.480 e. The lowest BCUT2D eigenvalue weighted by Gasteiger charge is -2.20. The first-order chi connectivity index (χ1) is 6.93. The molecule has 1 amide bonds. The summed E-state index contributed by atoms with van der Waals surface area (Å²) in [5, 5.41) is 19.9. The van der Waals surface area contributed by atoms with E-state index in [1.807, 2.05) is 0 Å². The second-order valence-electron chi connectivity index (χ2n) is 3.03. The zero-order valence-corrected chi connectivity index (χ0v) is 8.64. The van der Waals surface area contributed by atoms with Crippen LogP contribution in [0.3, 0.4) is 0 Å². The summed E-state index contributed by atoms with van der Waals surface area (Å²) in [5.74, 6) is -1.97. The van der Waals surface area contributed by atoms with Crippen molar-refractivity contribution in [3.05, 3.63) is 0 Å². The molecule has 5 N–H and O–H groups in total. The van der Waals surface area contributed by atoms with E-state index in [1.165, 1.54) is 14.0 Å². The number of amides is 1. The van der Waals surface area contributed by atoms with Crippen LogP contribution in [-0.2, 0) is 14.3 Å². The van der Waals surface area contributed by atoms with Gasteiger partial charge in [0.15, 0.2) is 6.04 Å². The number of nitrogens with two attached hydrogens (primary N) is 1. The molecule has 3 unspecified atom stereocenters. The van der Waals surface area contributed by atoms with Crippen molar-refractivity contribution in [2.75, 3.05) is 13.7 Å². The molecule has 3 atom stereocenters. The van der Waals surface area contributed by atoms with Crippen LogP contribution < -0.4 is 11.1 Å². The molecule has 7 heteroatoms. The molecule has 0 aliphatic heterocycles. The number of nitrogens with one attached hydrogen (secondary N) is 1. The van der Waals surface area contributed by atoms with Gasteiger partial charge in [-0.05, 0) is 6.92 Å². The van der Waals surface area contributed by atoms with Gasteiger partial charge in [0, 0.05) is 13.7 Å². The van der Waals surface area contributed by atoms with Crippen LogP contribution in [0.25, 0.3) is 0 Å². The Kier molecular flexibility index (Phi) is 5.83. The van der Waals surface area contributed by atoms with Crippen molar-refractivity contribution in [3.8, 4) is 0 Å². The highest BCUT2D eigenvalue weighted by atomic mass is 16.5. The van der Waals surface area contributed by atoms with Gasteiger partial charge in [0.25, 0.3) is 5.91 Å². The van der Waals surface area contributed by atoms with E-state index in [0.717, 1.165) is 0 Å². The van der Waals surface area contributed by atoms with Crippen molar-refractivity contribution in [2.45, 2.75) is 25.2 Å². The number of methoxy groups -OCH3 is 1.